The lowest BCUT2D eigenvalue weighted by atomic mass is 9.93. The highest BCUT2D eigenvalue weighted by Crippen LogP contribution is 2.24. The van der Waals surface area contributed by atoms with Crippen LogP contribution in [0.25, 0.3) is 0 Å². The number of aromatic nitrogens is 1. The topological polar surface area (TPSA) is 24.9 Å². The Morgan fingerprint density at radius 3 is 2.69 bits per heavy atom. The van der Waals surface area contributed by atoms with Crippen molar-refractivity contribution < 1.29 is 0 Å². The van der Waals surface area contributed by atoms with Crippen LogP contribution in [0.1, 0.15) is 50.9 Å². The average Bonchev–Trinajstić information content (AvgIpc) is 2.29. The molecule has 0 saturated heterocycles. The molecule has 1 aromatic heterocycles. The lowest BCUT2D eigenvalue weighted by molar-refractivity contribution is 0.406. The first-order chi connectivity index (χ1) is 7.69. The van der Waals surface area contributed by atoms with Gasteiger partial charge in [0.2, 0.25) is 0 Å². The maximum Gasteiger partial charge on any atom is 0.0420 e. The van der Waals surface area contributed by atoms with Crippen molar-refractivity contribution in [1.82, 2.24) is 10.3 Å². The Morgan fingerprint density at radius 1 is 1.38 bits per heavy atom. The zero-order valence-electron chi connectivity index (χ0n) is 11.0. The van der Waals surface area contributed by atoms with Crippen molar-refractivity contribution in [2.75, 3.05) is 6.54 Å². The van der Waals surface area contributed by atoms with Crippen molar-refractivity contribution in [1.29, 1.82) is 0 Å². The first-order valence-electron chi connectivity index (χ1n) is 6.33. The molecule has 1 N–H and O–H groups in total. The molecule has 1 heterocycles. The van der Waals surface area contributed by atoms with E-state index in [0.717, 1.165) is 18.2 Å². The summed E-state index contributed by atoms with van der Waals surface area (Å²) in [6.07, 6.45) is 4.29. The van der Waals surface area contributed by atoms with Crippen LogP contribution in [0.2, 0.25) is 0 Å². The summed E-state index contributed by atoms with van der Waals surface area (Å²) in [4.78, 5) is 4.38. The van der Waals surface area contributed by atoms with Gasteiger partial charge in [-0.1, -0.05) is 33.3 Å². The lowest BCUT2D eigenvalue weighted by Gasteiger charge is -2.22. The van der Waals surface area contributed by atoms with Crippen molar-refractivity contribution in [2.45, 2.75) is 46.6 Å². The molecule has 2 heteroatoms. The van der Waals surface area contributed by atoms with E-state index in [2.05, 4.69) is 44.1 Å². The molecule has 0 aliphatic carbocycles. The van der Waals surface area contributed by atoms with Gasteiger partial charge in [0.15, 0.2) is 0 Å². The quantitative estimate of drug-likeness (QED) is 0.794. The van der Waals surface area contributed by atoms with Gasteiger partial charge >= 0.3 is 0 Å². The Morgan fingerprint density at radius 2 is 2.12 bits per heavy atom. The molecule has 2 unspecified atom stereocenters. The average molecular weight is 220 g/mol. The number of aryl methyl sites for hydroxylation is 1. The van der Waals surface area contributed by atoms with E-state index in [1.165, 1.54) is 18.4 Å². The van der Waals surface area contributed by atoms with Gasteiger partial charge in [0.25, 0.3) is 0 Å². The normalized spacial score (nSPS) is 14.8. The number of hydrogen-bond acceptors (Lipinski definition) is 2. The van der Waals surface area contributed by atoms with Gasteiger partial charge in [-0.2, -0.15) is 0 Å². The minimum absolute atomic E-state index is 0.452. The van der Waals surface area contributed by atoms with Crippen LogP contribution in [0.15, 0.2) is 18.3 Å². The third kappa shape index (κ3) is 3.60. The van der Waals surface area contributed by atoms with Crippen LogP contribution in [-0.4, -0.2) is 11.5 Å². The maximum absolute atomic E-state index is 4.38. The molecule has 0 saturated carbocycles. The van der Waals surface area contributed by atoms with Gasteiger partial charge in [-0.05, 0) is 37.4 Å². The Labute approximate surface area is 99.5 Å². The van der Waals surface area contributed by atoms with Crippen LogP contribution >= 0.6 is 0 Å². The molecule has 0 fully saturated rings. The second-order valence-electron chi connectivity index (χ2n) is 4.54. The highest BCUT2D eigenvalue weighted by Gasteiger charge is 2.15. The Hall–Kier alpha value is -0.890. The molecule has 0 amide bonds. The van der Waals surface area contributed by atoms with Crippen LogP contribution in [0.4, 0.5) is 0 Å². The van der Waals surface area contributed by atoms with Gasteiger partial charge in [0.05, 0.1) is 0 Å². The smallest absolute Gasteiger partial charge is 0.0420 e. The number of pyridine rings is 1. The maximum atomic E-state index is 4.38. The minimum atomic E-state index is 0.452. The predicted molar refractivity (Wildman–Crippen MR) is 69.5 cm³/mol. The third-order valence-corrected chi connectivity index (χ3v) is 3.21. The molecule has 1 aromatic rings. The molecule has 0 aromatic carbocycles. The molecule has 0 bridgehead atoms. The van der Waals surface area contributed by atoms with Gasteiger partial charge < -0.3 is 5.32 Å². The standard InChI is InChI=1S/C14H24N2/c1-5-11(3)10-14(15-6-2)13-8-7-9-16-12(13)4/h7-9,11,14-15H,5-6,10H2,1-4H3. The number of nitrogens with one attached hydrogen (secondary N) is 1. The van der Waals surface area contributed by atoms with Crippen molar-refractivity contribution in [3.8, 4) is 0 Å². The molecule has 0 radical (unpaired) electrons. The first kappa shape index (κ1) is 13.2. The molecule has 0 spiro atoms. The molecule has 2 atom stereocenters. The van der Waals surface area contributed by atoms with Crippen LogP contribution in [0.3, 0.4) is 0 Å². The van der Waals surface area contributed by atoms with Crippen molar-refractivity contribution in [2.24, 2.45) is 5.92 Å². The molecule has 0 aliphatic heterocycles. The third-order valence-electron chi connectivity index (χ3n) is 3.21. The molecule has 16 heavy (non-hydrogen) atoms. The lowest BCUT2D eigenvalue weighted by Crippen LogP contribution is -2.23. The molecule has 90 valence electrons. The van der Waals surface area contributed by atoms with E-state index in [-0.39, 0.29) is 0 Å². The van der Waals surface area contributed by atoms with Gasteiger partial charge in [0.1, 0.15) is 0 Å². The van der Waals surface area contributed by atoms with Crippen LogP contribution < -0.4 is 5.32 Å². The van der Waals surface area contributed by atoms with Gasteiger partial charge in [-0.25, -0.2) is 0 Å². The molecular formula is C14H24N2. The first-order valence-corrected chi connectivity index (χ1v) is 6.33. The van der Waals surface area contributed by atoms with Crippen LogP contribution in [-0.2, 0) is 0 Å². The van der Waals surface area contributed by atoms with Crippen LogP contribution in [0, 0.1) is 12.8 Å². The second kappa shape index (κ2) is 6.64. The second-order valence-corrected chi connectivity index (χ2v) is 4.54. The van der Waals surface area contributed by atoms with E-state index in [1.54, 1.807) is 0 Å². The van der Waals surface area contributed by atoms with E-state index < -0.39 is 0 Å². The summed E-state index contributed by atoms with van der Waals surface area (Å²) in [6, 6.07) is 4.68. The van der Waals surface area contributed by atoms with Gasteiger partial charge in [-0.15, -0.1) is 0 Å². The summed E-state index contributed by atoms with van der Waals surface area (Å²) in [5.74, 6) is 0.753. The summed E-state index contributed by atoms with van der Waals surface area (Å²) in [5, 5.41) is 3.56. The Balaban J connectivity index is 2.80. The molecule has 2 nitrogen and oxygen atoms in total. The summed E-state index contributed by atoms with van der Waals surface area (Å²) >= 11 is 0. The molecular weight excluding hydrogens is 196 g/mol. The van der Waals surface area contributed by atoms with Crippen molar-refractivity contribution in [3.63, 3.8) is 0 Å². The highest BCUT2D eigenvalue weighted by molar-refractivity contribution is 5.22. The number of rotatable bonds is 6. The zero-order chi connectivity index (χ0) is 12.0. The highest BCUT2D eigenvalue weighted by atomic mass is 14.9. The summed E-state index contributed by atoms with van der Waals surface area (Å²) in [6.45, 7) is 9.83. The predicted octanol–water partition coefficient (Wildman–Crippen LogP) is 3.48. The van der Waals surface area contributed by atoms with Gasteiger partial charge in [-0.3, -0.25) is 4.98 Å². The number of hydrogen-bond donors (Lipinski definition) is 1. The van der Waals surface area contributed by atoms with E-state index >= 15 is 0 Å². The Kier molecular flexibility index (Phi) is 5.47. The van der Waals surface area contributed by atoms with Crippen molar-refractivity contribution >= 4 is 0 Å². The molecule has 1 rings (SSSR count). The number of nitrogens with zero attached hydrogens (tertiary/aromatic N) is 1. The fourth-order valence-electron chi connectivity index (χ4n) is 2.00. The summed E-state index contributed by atoms with van der Waals surface area (Å²) < 4.78 is 0. The monoisotopic (exact) mass is 220 g/mol. The largest absolute Gasteiger partial charge is 0.310 e. The van der Waals surface area contributed by atoms with E-state index in [4.69, 9.17) is 0 Å². The van der Waals surface area contributed by atoms with Crippen molar-refractivity contribution in [3.05, 3.63) is 29.6 Å². The summed E-state index contributed by atoms with van der Waals surface area (Å²) in [5.41, 5.74) is 2.50. The zero-order valence-corrected chi connectivity index (χ0v) is 11.0. The minimum Gasteiger partial charge on any atom is -0.310 e. The SMILES string of the molecule is CCNC(CC(C)CC)c1cccnc1C. The van der Waals surface area contributed by atoms with Crippen LogP contribution in [0.5, 0.6) is 0 Å². The molecule has 0 aliphatic rings. The Bertz CT molecular complexity index is 309. The van der Waals surface area contributed by atoms with E-state index in [9.17, 15) is 0 Å². The fourth-order valence-corrected chi connectivity index (χ4v) is 2.00. The summed E-state index contributed by atoms with van der Waals surface area (Å²) in [7, 11) is 0. The van der Waals surface area contributed by atoms with E-state index in [1.807, 2.05) is 12.3 Å². The fraction of sp³-hybridized carbons (Fsp3) is 0.643. The van der Waals surface area contributed by atoms with Gasteiger partial charge in [0, 0.05) is 17.9 Å². The van der Waals surface area contributed by atoms with E-state index in [0.29, 0.717) is 6.04 Å².